The molecule has 1 amide bonds. The Morgan fingerprint density at radius 2 is 2.00 bits per heavy atom. The van der Waals surface area contributed by atoms with Crippen molar-refractivity contribution in [2.24, 2.45) is 11.8 Å². The topological polar surface area (TPSA) is 75.6 Å². The van der Waals surface area contributed by atoms with Crippen molar-refractivity contribution in [1.29, 1.82) is 0 Å². The number of phenolic OH excluding ortho intramolecular Hbond substituents is 1. The minimum atomic E-state index is -0.696. The van der Waals surface area contributed by atoms with Crippen LogP contribution in [0.15, 0.2) is 24.3 Å². The number of carbonyl (C=O) groups excluding carboxylic acids is 2. The fourth-order valence-electron chi connectivity index (χ4n) is 2.89. The molecule has 1 fully saturated rings. The van der Waals surface area contributed by atoms with E-state index >= 15 is 0 Å². The lowest BCUT2D eigenvalue weighted by atomic mass is 9.78. The molecule has 0 unspecified atom stereocenters. The molecule has 2 N–H and O–H groups in total. The first-order chi connectivity index (χ1) is 10.5. The molecule has 5 nitrogen and oxygen atoms in total. The molecule has 0 bridgehead atoms. The van der Waals surface area contributed by atoms with E-state index in [1.54, 1.807) is 12.1 Å². The first-order valence-electron chi connectivity index (χ1n) is 7.73. The molecule has 1 aliphatic rings. The van der Waals surface area contributed by atoms with Crippen LogP contribution in [-0.4, -0.2) is 29.6 Å². The number of carbonyl (C=O) groups is 2. The normalized spacial score (nSPS) is 24.5. The van der Waals surface area contributed by atoms with Gasteiger partial charge in [-0.25, -0.2) is 4.79 Å². The third-order valence-corrected chi connectivity index (χ3v) is 4.51. The number of aromatic hydroxyl groups is 1. The van der Waals surface area contributed by atoms with Gasteiger partial charge in [0.15, 0.2) is 6.61 Å². The molecule has 1 aliphatic carbocycles. The molecule has 0 aromatic heterocycles. The Morgan fingerprint density at radius 3 is 2.73 bits per heavy atom. The molecule has 1 saturated carbocycles. The molecule has 120 valence electrons. The average Bonchev–Trinajstić information content (AvgIpc) is 2.50. The van der Waals surface area contributed by atoms with Crippen LogP contribution in [0.25, 0.3) is 0 Å². The minimum Gasteiger partial charge on any atom is -0.507 e. The maximum absolute atomic E-state index is 11.9. The summed E-state index contributed by atoms with van der Waals surface area (Å²) in [5.41, 5.74) is 0.0648. The van der Waals surface area contributed by atoms with Crippen LogP contribution < -0.4 is 5.32 Å². The van der Waals surface area contributed by atoms with Crippen LogP contribution in [-0.2, 0) is 9.53 Å². The van der Waals surface area contributed by atoms with Crippen LogP contribution in [0.1, 0.15) is 43.5 Å². The van der Waals surface area contributed by atoms with E-state index in [0.29, 0.717) is 11.8 Å². The first-order valence-corrected chi connectivity index (χ1v) is 7.73. The van der Waals surface area contributed by atoms with Crippen LogP contribution >= 0.6 is 0 Å². The molecule has 5 heteroatoms. The van der Waals surface area contributed by atoms with Gasteiger partial charge in [0.1, 0.15) is 11.3 Å². The zero-order valence-corrected chi connectivity index (χ0v) is 13.0. The molecular weight excluding hydrogens is 282 g/mol. The van der Waals surface area contributed by atoms with Crippen molar-refractivity contribution in [3.8, 4) is 5.75 Å². The van der Waals surface area contributed by atoms with Crippen LogP contribution in [0.5, 0.6) is 5.75 Å². The molecule has 0 aliphatic heterocycles. The number of hydrogen-bond donors (Lipinski definition) is 2. The summed E-state index contributed by atoms with van der Waals surface area (Å²) in [5, 5.41) is 12.5. The summed E-state index contributed by atoms with van der Waals surface area (Å²) in [4.78, 5) is 23.7. The van der Waals surface area contributed by atoms with Crippen LogP contribution in [0.3, 0.4) is 0 Å². The monoisotopic (exact) mass is 305 g/mol. The molecule has 0 spiro atoms. The molecular formula is C17H23NO4. The fourth-order valence-corrected chi connectivity index (χ4v) is 2.89. The second kappa shape index (κ2) is 7.29. The second-order valence-corrected chi connectivity index (χ2v) is 6.03. The van der Waals surface area contributed by atoms with Gasteiger partial charge in [0, 0.05) is 6.04 Å². The summed E-state index contributed by atoms with van der Waals surface area (Å²) in [6, 6.07) is 6.24. The highest BCUT2D eigenvalue weighted by Crippen LogP contribution is 2.29. The van der Waals surface area contributed by atoms with Gasteiger partial charge in [0.05, 0.1) is 0 Å². The number of ether oxygens (including phenoxy) is 1. The van der Waals surface area contributed by atoms with Gasteiger partial charge in [0.2, 0.25) is 0 Å². The van der Waals surface area contributed by atoms with Crippen molar-refractivity contribution < 1.29 is 19.4 Å². The summed E-state index contributed by atoms with van der Waals surface area (Å²) in [7, 11) is 0. The van der Waals surface area contributed by atoms with E-state index in [-0.39, 0.29) is 29.9 Å². The Kier molecular flexibility index (Phi) is 5.41. The van der Waals surface area contributed by atoms with Crippen molar-refractivity contribution >= 4 is 11.9 Å². The van der Waals surface area contributed by atoms with Gasteiger partial charge >= 0.3 is 5.97 Å². The lowest BCUT2D eigenvalue weighted by Crippen LogP contribution is -2.45. The van der Waals surface area contributed by atoms with Gasteiger partial charge in [-0.1, -0.05) is 38.8 Å². The van der Waals surface area contributed by atoms with E-state index in [9.17, 15) is 14.7 Å². The number of rotatable bonds is 4. The molecule has 0 heterocycles. The van der Waals surface area contributed by atoms with Crippen molar-refractivity contribution in [1.82, 2.24) is 5.32 Å². The highest BCUT2D eigenvalue weighted by atomic mass is 16.5. The summed E-state index contributed by atoms with van der Waals surface area (Å²) >= 11 is 0. The van der Waals surface area contributed by atoms with Crippen molar-refractivity contribution in [2.75, 3.05) is 6.61 Å². The van der Waals surface area contributed by atoms with E-state index in [1.165, 1.54) is 18.6 Å². The highest BCUT2D eigenvalue weighted by molar-refractivity contribution is 5.93. The third-order valence-electron chi connectivity index (χ3n) is 4.51. The van der Waals surface area contributed by atoms with E-state index < -0.39 is 5.97 Å². The van der Waals surface area contributed by atoms with Crippen LogP contribution in [0, 0.1) is 11.8 Å². The smallest absolute Gasteiger partial charge is 0.342 e. The van der Waals surface area contributed by atoms with Crippen LogP contribution in [0.4, 0.5) is 0 Å². The van der Waals surface area contributed by atoms with Gasteiger partial charge in [-0.05, 0) is 30.4 Å². The Hall–Kier alpha value is -2.04. The van der Waals surface area contributed by atoms with E-state index in [2.05, 4.69) is 19.2 Å². The molecule has 22 heavy (non-hydrogen) atoms. The van der Waals surface area contributed by atoms with Crippen molar-refractivity contribution in [2.45, 2.75) is 39.2 Å². The van der Waals surface area contributed by atoms with E-state index in [0.717, 1.165) is 12.8 Å². The highest BCUT2D eigenvalue weighted by Gasteiger charge is 2.28. The molecule has 0 radical (unpaired) electrons. The predicted molar refractivity (Wildman–Crippen MR) is 82.5 cm³/mol. The number of nitrogens with one attached hydrogen (secondary N) is 1. The SMILES string of the molecule is C[C@H]1[C@H](C)CCC[C@H]1NC(=O)COC(=O)c1ccccc1O. The van der Waals surface area contributed by atoms with Crippen molar-refractivity contribution in [3.63, 3.8) is 0 Å². The van der Waals surface area contributed by atoms with Gasteiger partial charge in [-0.15, -0.1) is 0 Å². The molecule has 3 atom stereocenters. The Bertz CT molecular complexity index is 543. The number of esters is 1. The number of benzene rings is 1. The number of para-hydroxylation sites is 1. The fraction of sp³-hybridized carbons (Fsp3) is 0.529. The van der Waals surface area contributed by atoms with Gasteiger partial charge in [0.25, 0.3) is 5.91 Å². The zero-order valence-electron chi connectivity index (χ0n) is 13.0. The zero-order chi connectivity index (χ0) is 16.1. The number of hydrogen-bond acceptors (Lipinski definition) is 4. The van der Waals surface area contributed by atoms with E-state index in [1.807, 2.05) is 0 Å². The lowest BCUT2D eigenvalue weighted by molar-refractivity contribution is -0.125. The number of amides is 1. The quantitative estimate of drug-likeness (QED) is 0.838. The van der Waals surface area contributed by atoms with Crippen molar-refractivity contribution in [3.05, 3.63) is 29.8 Å². The summed E-state index contributed by atoms with van der Waals surface area (Å²) < 4.78 is 4.96. The van der Waals surface area contributed by atoms with E-state index in [4.69, 9.17) is 4.74 Å². The summed E-state index contributed by atoms with van der Waals surface area (Å²) in [5.74, 6) is -0.134. The maximum atomic E-state index is 11.9. The number of phenols is 1. The molecule has 1 aromatic rings. The first kappa shape index (κ1) is 16.3. The lowest BCUT2D eigenvalue weighted by Gasteiger charge is -2.34. The molecule has 1 aromatic carbocycles. The van der Waals surface area contributed by atoms with Crippen LogP contribution in [0.2, 0.25) is 0 Å². The molecule has 0 saturated heterocycles. The Morgan fingerprint density at radius 1 is 1.27 bits per heavy atom. The molecule has 2 rings (SSSR count). The van der Waals surface area contributed by atoms with Gasteiger partial charge < -0.3 is 15.2 Å². The predicted octanol–water partition coefficient (Wildman–Crippen LogP) is 2.49. The third kappa shape index (κ3) is 4.00. The maximum Gasteiger partial charge on any atom is 0.342 e. The average molecular weight is 305 g/mol. The largest absolute Gasteiger partial charge is 0.507 e. The minimum absolute atomic E-state index is 0.0648. The summed E-state index contributed by atoms with van der Waals surface area (Å²) in [6.45, 7) is 4.01. The second-order valence-electron chi connectivity index (χ2n) is 6.03. The van der Waals surface area contributed by atoms with Gasteiger partial charge in [-0.3, -0.25) is 4.79 Å². The van der Waals surface area contributed by atoms with Gasteiger partial charge in [-0.2, -0.15) is 0 Å². The standard InChI is InChI=1S/C17H23NO4/c1-11-6-5-8-14(12(11)2)18-16(20)10-22-17(21)13-7-3-4-9-15(13)19/h3-4,7,9,11-12,14,19H,5-6,8,10H2,1-2H3,(H,18,20)/t11-,12+,14-/m1/s1. The Balaban J connectivity index is 1.83. The summed E-state index contributed by atoms with van der Waals surface area (Å²) in [6.07, 6.45) is 3.26. The Labute approximate surface area is 130 Å².